The summed E-state index contributed by atoms with van der Waals surface area (Å²) < 4.78 is 0. The highest BCUT2D eigenvalue weighted by Gasteiger charge is 2.28. The molecule has 0 atom stereocenters. The van der Waals surface area contributed by atoms with Crippen LogP contribution in [0.25, 0.3) is 33.3 Å². The van der Waals surface area contributed by atoms with Gasteiger partial charge in [-0.15, -0.1) is 0 Å². The Kier molecular flexibility index (Phi) is 2.89. The summed E-state index contributed by atoms with van der Waals surface area (Å²) in [7, 11) is 0. The van der Waals surface area contributed by atoms with Gasteiger partial charge in [-0.1, -0.05) is 54.6 Å². The first-order chi connectivity index (χ1) is 12.2. The smallest absolute Gasteiger partial charge is 0.194 e. The van der Waals surface area contributed by atoms with E-state index in [1.54, 1.807) is 0 Å². The zero-order chi connectivity index (χ0) is 17.0. The Balaban J connectivity index is 1.75. The number of pyridine rings is 1. The van der Waals surface area contributed by atoms with Gasteiger partial charge in [0.25, 0.3) is 0 Å². The Hall–Kier alpha value is -3.26. The van der Waals surface area contributed by atoms with Crippen molar-refractivity contribution in [3.05, 3.63) is 89.5 Å². The van der Waals surface area contributed by atoms with Crippen LogP contribution in [-0.4, -0.2) is 10.8 Å². The number of ketones is 1. The van der Waals surface area contributed by atoms with Gasteiger partial charge in [0.05, 0.1) is 11.2 Å². The van der Waals surface area contributed by atoms with E-state index in [1.807, 2.05) is 60.7 Å². The Morgan fingerprint density at radius 1 is 0.680 bits per heavy atom. The molecule has 0 saturated heterocycles. The molecule has 0 amide bonds. The van der Waals surface area contributed by atoms with Crippen molar-refractivity contribution < 1.29 is 4.79 Å². The molecule has 4 aromatic rings. The highest BCUT2D eigenvalue weighted by atomic mass is 16.1. The van der Waals surface area contributed by atoms with E-state index in [2.05, 4.69) is 19.1 Å². The minimum absolute atomic E-state index is 0.0987. The van der Waals surface area contributed by atoms with Crippen molar-refractivity contribution in [3.8, 4) is 22.4 Å². The maximum Gasteiger partial charge on any atom is 0.194 e. The third-order valence-corrected chi connectivity index (χ3v) is 4.98. The molecule has 1 aromatic heterocycles. The summed E-state index contributed by atoms with van der Waals surface area (Å²) >= 11 is 0. The van der Waals surface area contributed by atoms with Crippen LogP contribution in [0.2, 0.25) is 0 Å². The molecule has 25 heavy (non-hydrogen) atoms. The Morgan fingerprint density at radius 2 is 1.40 bits per heavy atom. The fourth-order valence-electron chi connectivity index (χ4n) is 3.73. The molecule has 1 aliphatic rings. The fourth-order valence-corrected chi connectivity index (χ4v) is 3.73. The van der Waals surface area contributed by atoms with E-state index >= 15 is 0 Å². The zero-order valence-corrected chi connectivity index (χ0v) is 13.8. The SMILES string of the molecule is Cc1ccccc1-c1ccc2c3c(ccc2n1)-c1ccccc1C3=O. The zero-order valence-electron chi connectivity index (χ0n) is 13.8. The second kappa shape index (κ2) is 5.12. The summed E-state index contributed by atoms with van der Waals surface area (Å²) in [6.45, 7) is 2.09. The van der Waals surface area contributed by atoms with E-state index < -0.39 is 0 Å². The van der Waals surface area contributed by atoms with E-state index in [0.717, 1.165) is 44.4 Å². The van der Waals surface area contributed by atoms with E-state index in [9.17, 15) is 4.79 Å². The number of nitrogens with zero attached hydrogens (tertiary/aromatic N) is 1. The molecule has 0 bridgehead atoms. The Bertz CT molecular complexity index is 1170. The normalized spacial score (nSPS) is 12.3. The van der Waals surface area contributed by atoms with Crippen LogP contribution >= 0.6 is 0 Å². The van der Waals surface area contributed by atoms with Crippen molar-refractivity contribution in [1.29, 1.82) is 0 Å². The van der Waals surface area contributed by atoms with Gasteiger partial charge in [-0.05, 0) is 41.8 Å². The molecule has 0 saturated carbocycles. The molecular formula is C23H15NO. The number of rotatable bonds is 1. The molecule has 0 radical (unpaired) electrons. The predicted molar refractivity (Wildman–Crippen MR) is 101 cm³/mol. The fraction of sp³-hybridized carbons (Fsp3) is 0.0435. The molecule has 0 N–H and O–H groups in total. The lowest BCUT2D eigenvalue weighted by Crippen LogP contribution is -1.97. The minimum atomic E-state index is 0.0987. The molecule has 1 aliphatic carbocycles. The van der Waals surface area contributed by atoms with Gasteiger partial charge >= 0.3 is 0 Å². The molecule has 0 aliphatic heterocycles. The number of hydrogen-bond donors (Lipinski definition) is 0. The van der Waals surface area contributed by atoms with Crippen molar-refractivity contribution in [2.75, 3.05) is 0 Å². The van der Waals surface area contributed by atoms with Crippen LogP contribution < -0.4 is 0 Å². The quantitative estimate of drug-likeness (QED) is 0.412. The van der Waals surface area contributed by atoms with Crippen LogP contribution in [-0.2, 0) is 0 Å². The van der Waals surface area contributed by atoms with Gasteiger partial charge in [0, 0.05) is 22.1 Å². The lowest BCUT2D eigenvalue weighted by molar-refractivity contribution is 0.104. The third kappa shape index (κ3) is 1.97. The standard InChI is InChI=1S/C23H15NO/c1-14-6-2-3-7-15(14)20-13-11-19-21(24-20)12-10-17-16-8-4-5-9-18(16)23(25)22(17)19/h2-13H,1H3. The summed E-state index contributed by atoms with van der Waals surface area (Å²) in [5.74, 6) is 0.0987. The minimum Gasteiger partial charge on any atom is -0.289 e. The predicted octanol–water partition coefficient (Wildman–Crippen LogP) is 5.42. The molecule has 0 spiro atoms. The summed E-state index contributed by atoms with van der Waals surface area (Å²) in [5.41, 5.74) is 7.72. The van der Waals surface area contributed by atoms with Gasteiger partial charge < -0.3 is 0 Å². The molecule has 2 heteroatoms. The average molecular weight is 321 g/mol. The molecule has 0 unspecified atom stereocenters. The van der Waals surface area contributed by atoms with Crippen LogP contribution in [0.15, 0.2) is 72.8 Å². The van der Waals surface area contributed by atoms with Gasteiger partial charge in [-0.3, -0.25) is 4.79 Å². The van der Waals surface area contributed by atoms with Gasteiger partial charge in [-0.2, -0.15) is 0 Å². The lowest BCUT2D eigenvalue weighted by atomic mass is 9.99. The second-order valence-corrected chi connectivity index (χ2v) is 6.44. The van der Waals surface area contributed by atoms with Crippen molar-refractivity contribution >= 4 is 16.7 Å². The van der Waals surface area contributed by atoms with Gasteiger partial charge in [0.15, 0.2) is 5.78 Å². The van der Waals surface area contributed by atoms with Crippen molar-refractivity contribution in [3.63, 3.8) is 0 Å². The van der Waals surface area contributed by atoms with E-state index in [1.165, 1.54) is 5.56 Å². The highest BCUT2D eigenvalue weighted by molar-refractivity contribution is 6.27. The van der Waals surface area contributed by atoms with Crippen LogP contribution in [0.4, 0.5) is 0 Å². The number of hydrogen-bond acceptors (Lipinski definition) is 2. The first-order valence-corrected chi connectivity index (χ1v) is 8.38. The molecule has 118 valence electrons. The number of carbonyl (C=O) groups excluding carboxylic acids is 1. The second-order valence-electron chi connectivity index (χ2n) is 6.44. The van der Waals surface area contributed by atoms with Gasteiger partial charge in [0.1, 0.15) is 0 Å². The summed E-state index contributed by atoms with van der Waals surface area (Å²) in [6, 6.07) is 24.1. The number of benzene rings is 3. The van der Waals surface area contributed by atoms with E-state index in [-0.39, 0.29) is 5.78 Å². The third-order valence-electron chi connectivity index (χ3n) is 4.98. The topological polar surface area (TPSA) is 30.0 Å². The maximum atomic E-state index is 12.9. The summed E-state index contributed by atoms with van der Waals surface area (Å²) in [4.78, 5) is 17.7. The lowest BCUT2D eigenvalue weighted by Gasteiger charge is -2.08. The number of aromatic nitrogens is 1. The van der Waals surface area contributed by atoms with Crippen molar-refractivity contribution in [2.24, 2.45) is 0 Å². The number of fused-ring (bicyclic) bond motifs is 5. The van der Waals surface area contributed by atoms with E-state index in [4.69, 9.17) is 4.98 Å². The molecule has 5 rings (SSSR count). The summed E-state index contributed by atoms with van der Waals surface area (Å²) in [5, 5.41) is 0.927. The molecule has 0 fully saturated rings. The van der Waals surface area contributed by atoms with Gasteiger partial charge in [0.2, 0.25) is 0 Å². The first kappa shape index (κ1) is 14.1. The van der Waals surface area contributed by atoms with Crippen LogP contribution in [0, 0.1) is 6.92 Å². The van der Waals surface area contributed by atoms with Crippen molar-refractivity contribution in [2.45, 2.75) is 6.92 Å². The van der Waals surface area contributed by atoms with E-state index in [0.29, 0.717) is 0 Å². The van der Waals surface area contributed by atoms with Gasteiger partial charge in [-0.25, -0.2) is 4.98 Å². The van der Waals surface area contributed by atoms with Crippen molar-refractivity contribution in [1.82, 2.24) is 4.98 Å². The molecule has 1 heterocycles. The average Bonchev–Trinajstić information content (AvgIpc) is 2.95. The monoisotopic (exact) mass is 321 g/mol. The molecular weight excluding hydrogens is 306 g/mol. The first-order valence-electron chi connectivity index (χ1n) is 8.38. The number of aryl methyl sites for hydroxylation is 1. The Morgan fingerprint density at radius 3 is 2.20 bits per heavy atom. The van der Waals surface area contributed by atoms with Crippen LogP contribution in [0.5, 0.6) is 0 Å². The highest BCUT2D eigenvalue weighted by Crippen LogP contribution is 2.40. The number of carbonyl (C=O) groups is 1. The van der Waals surface area contributed by atoms with Crippen LogP contribution in [0.3, 0.4) is 0 Å². The largest absolute Gasteiger partial charge is 0.289 e. The maximum absolute atomic E-state index is 12.9. The Labute approximate surface area is 145 Å². The molecule has 2 nitrogen and oxygen atoms in total. The molecule has 3 aromatic carbocycles. The summed E-state index contributed by atoms with van der Waals surface area (Å²) in [6.07, 6.45) is 0. The van der Waals surface area contributed by atoms with Crippen LogP contribution in [0.1, 0.15) is 21.5 Å².